The van der Waals surface area contributed by atoms with Crippen molar-refractivity contribution in [2.75, 3.05) is 37.0 Å². The van der Waals surface area contributed by atoms with Gasteiger partial charge in [-0.15, -0.1) is 0 Å². The van der Waals surface area contributed by atoms with Gasteiger partial charge in [0.25, 0.3) is 0 Å². The molecule has 0 spiro atoms. The van der Waals surface area contributed by atoms with Gasteiger partial charge in [-0.2, -0.15) is 13.2 Å². The van der Waals surface area contributed by atoms with Gasteiger partial charge in [-0.3, -0.25) is 0 Å². The number of methoxy groups -OCH3 is 1. The first-order chi connectivity index (χ1) is 16.7. The number of benzene rings is 1. The van der Waals surface area contributed by atoms with E-state index < -0.39 is 11.9 Å². The lowest BCUT2D eigenvalue weighted by Crippen LogP contribution is -2.37. The van der Waals surface area contributed by atoms with Gasteiger partial charge in [0.05, 0.1) is 13.3 Å². The molecule has 2 aromatic heterocycles. The first-order valence-electron chi connectivity index (χ1n) is 11.8. The third-order valence-electron chi connectivity index (χ3n) is 6.40. The highest BCUT2D eigenvalue weighted by molar-refractivity contribution is 5.64. The minimum Gasteiger partial charge on any atom is -0.491 e. The van der Waals surface area contributed by atoms with Crippen molar-refractivity contribution >= 4 is 11.8 Å². The average Bonchev–Trinajstić information content (AvgIpc) is 3.25. The standard InChI is InChI=1S/C25H31F3N6O/c1-16(2)18-7-5-6-8-19(18)22-30-14-20(35-4)23(32-22)29-13-17-9-11-34(12-10-17)24-31-21(15-33(24)3)25(26,27)28/h5-8,14-17H,9-13H2,1-4H3,(H,29,30,32). The van der Waals surface area contributed by atoms with Crippen molar-refractivity contribution in [1.82, 2.24) is 19.5 Å². The molecule has 1 saturated heterocycles. The smallest absolute Gasteiger partial charge is 0.434 e. The largest absolute Gasteiger partial charge is 0.491 e. The molecule has 3 aromatic rings. The van der Waals surface area contributed by atoms with Crippen LogP contribution in [0, 0.1) is 5.92 Å². The topological polar surface area (TPSA) is 68.1 Å². The fourth-order valence-electron chi connectivity index (χ4n) is 4.45. The van der Waals surface area contributed by atoms with Gasteiger partial charge in [-0.1, -0.05) is 38.1 Å². The van der Waals surface area contributed by atoms with E-state index in [2.05, 4.69) is 35.2 Å². The van der Waals surface area contributed by atoms with Crippen LogP contribution in [-0.2, 0) is 13.2 Å². The summed E-state index contributed by atoms with van der Waals surface area (Å²) in [4.78, 5) is 15.0. The van der Waals surface area contributed by atoms with Gasteiger partial charge in [0, 0.05) is 38.4 Å². The molecule has 0 amide bonds. The van der Waals surface area contributed by atoms with Gasteiger partial charge in [0.1, 0.15) is 0 Å². The number of hydrogen-bond donors (Lipinski definition) is 1. The summed E-state index contributed by atoms with van der Waals surface area (Å²) in [5.74, 6) is 2.89. The second-order valence-electron chi connectivity index (χ2n) is 9.20. The molecule has 1 aliphatic rings. The number of anilines is 2. The Balaban J connectivity index is 1.42. The molecule has 1 aromatic carbocycles. The molecule has 0 radical (unpaired) electrons. The van der Waals surface area contributed by atoms with Gasteiger partial charge in [0.2, 0.25) is 5.95 Å². The van der Waals surface area contributed by atoms with Gasteiger partial charge in [0.15, 0.2) is 23.1 Å². The normalized spacial score (nSPS) is 15.0. The molecule has 3 heterocycles. The molecular formula is C25H31F3N6O. The highest BCUT2D eigenvalue weighted by atomic mass is 19.4. The maximum Gasteiger partial charge on any atom is 0.434 e. The van der Waals surface area contributed by atoms with Crippen LogP contribution in [0.25, 0.3) is 11.4 Å². The van der Waals surface area contributed by atoms with Crippen LogP contribution in [0.2, 0.25) is 0 Å². The fraction of sp³-hybridized carbons (Fsp3) is 0.480. The SMILES string of the molecule is COc1cnc(-c2ccccc2C(C)C)nc1NCC1CCN(c2nc(C(F)(F)F)cn2C)CC1. The Bertz CT molecular complexity index is 1150. The third kappa shape index (κ3) is 5.52. The van der Waals surface area contributed by atoms with Crippen molar-refractivity contribution < 1.29 is 17.9 Å². The van der Waals surface area contributed by atoms with Crippen LogP contribution in [0.3, 0.4) is 0 Å². The molecule has 1 fully saturated rings. The monoisotopic (exact) mass is 488 g/mol. The molecule has 35 heavy (non-hydrogen) atoms. The van der Waals surface area contributed by atoms with E-state index in [1.165, 1.54) is 10.1 Å². The molecule has 7 nitrogen and oxygen atoms in total. The van der Waals surface area contributed by atoms with Crippen LogP contribution >= 0.6 is 0 Å². The van der Waals surface area contributed by atoms with Crippen molar-refractivity contribution in [3.63, 3.8) is 0 Å². The third-order valence-corrected chi connectivity index (χ3v) is 6.40. The number of piperidine rings is 1. The number of nitrogens with one attached hydrogen (secondary N) is 1. The highest BCUT2D eigenvalue weighted by Gasteiger charge is 2.35. The Morgan fingerprint density at radius 1 is 1.14 bits per heavy atom. The van der Waals surface area contributed by atoms with E-state index in [9.17, 15) is 13.2 Å². The summed E-state index contributed by atoms with van der Waals surface area (Å²) in [5, 5.41) is 3.42. The van der Waals surface area contributed by atoms with E-state index in [0.29, 0.717) is 54.8 Å². The Hall–Kier alpha value is -3.30. The van der Waals surface area contributed by atoms with Crippen LogP contribution < -0.4 is 15.0 Å². The molecule has 188 valence electrons. The number of ether oxygens (including phenoxy) is 1. The number of aromatic nitrogens is 4. The first kappa shape index (κ1) is 24.8. The number of aryl methyl sites for hydroxylation is 1. The predicted molar refractivity (Wildman–Crippen MR) is 130 cm³/mol. The molecule has 0 saturated carbocycles. The lowest BCUT2D eigenvalue weighted by atomic mass is 9.96. The van der Waals surface area contributed by atoms with Crippen molar-refractivity contribution in [1.29, 1.82) is 0 Å². The van der Waals surface area contributed by atoms with Crippen LogP contribution in [0.4, 0.5) is 24.9 Å². The number of alkyl halides is 3. The van der Waals surface area contributed by atoms with Crippen LogP contribution in [-0.4, -0.2) is 46.3 Å². The summed E-state index contributed by atoms with van der Waals surface area (Å²) >= 11 is 0. The summed E-state index contributed by atoms with van der Waals surface area (Å²) in [6, 6.07) is 8.11. The van der Waals surface area contributed by atoms with E-state index in [-0.39, 0.29) is 0 Å². The molecule has 0 unspecified atom stereocenters. The molecule has 1 aliphatic heterocycles. The van der Waals surface area contributed by atoms with Gasteiger partial charge in [-0.25, -0.2) is 15.0 Å². The van der Waals surface area contributed by atoms with Crippen molar-refractivity contribution in [2.24, 2.45) is 13.0 Å². The number of halogens is 3. The maximum absolute atomic E-state index is 13.0. The summed E-state index contributed by atoms with van der Waals surface area (Å²) in [5.41, 5.74) is 1.32. The zero-order chi connectivity index (χ0) is 25.2. The van der Waals surface area contributed by atoms with Crippen LogP contribution in [0.5, 0.6) is 5.75 Å². The minimum atomic E-state index is -4.44. The zero-order valence-corrected chi connectivity index (χ0v) is 20.4. The van der Waals surface area contributed by atoms with Gasteiger partial charge in [-0.05, 0) is 30.2 Å². The van der Waals surface area contributed by atoms with Crippen molar-refractivity contribution in [3.8, 4) is 17.1 Å². The number of imidazole rings is 1. The molecule has 1 N–H and O–H groups in total. The summed E-state index contributed by atoms with van der Waals surface area (Å²) in [6.45, 7) is 6.25. The molecule has 4 rings (SSSR count). The van der Waals surface area contributed by atoms with Gasteiger partial charge >= 0.3 is 6.18 Å². The van der Waals surface area contributed by atoms with Crippen molar-refractivity contribution in [3.05, 3.63) is 47.9 Å². The quantitative estimate of drug-likeness (QED) is 0.483. The van der Waals surface area contributed by atoms with E-state index in [1.807, 2.05) is 23.1 Å². The average molecular weight is 489 g/mol. The van der Waals surface area contributed by atoms with E-state index in [1.54, 1.807) is 20.4 Å². The van der Waals surface area contributed by atoms with Crippen LogP contribution in [0.15, 0.2) is 36.7 Å². The zero-order valence-electron chi connectivity index (χ0n) is 20.4. The van der Waals surface area contributed by atoms with Crippen molar-refractivity contribution in [2.45, 2.75) is 38.8 Å². The molecular weight excluding hydrogens is 457 g/mol. The Labute approximate surface area is 203 Å². The lowest BCUT2D eigenvalue weighted by Gasteiger charge is -2.32. The Kier molecular flexibility index (Phi) is 7.18. The van der Waals surface area contributed by atoms with E-state index >= 15 is 0 Å². The molecule has 0 atom stereocenters. The second kappa shape index (κ2) is 10.1. The second-order valence-corrected chi connectivity index (χ2v) is 9.20. The molecule has 0 aliphatic carbocycles. The van der Waals surface area contributed by atoms with Gasteiger partial charge < -0.3 is 19.5 Å². The Morgan fingerprint density at radius 3 is 2.49 bits per heavy atom. The summed E-state index contributed by atoms with van der Waals surface area (Å²) in [6.07, 6.45) is -0.0538. The lowest BCUT2D eigenvalue weighted by molar-refractivity contribution is -0.140. The molecule has 0 bridgehead atoms. The number of nitrogens with zero attached hydrogens (tertiary/aromatic N) is 5. The van der Waals surface area contributed by atoms with E-state index in [0.717, 1.165) is 24.6 Å². The number of hydrogen-bond acceptors (Lipinski definition) is 6. The maximum atomic E-state index is 13.0. The first-order valence-corrected chi connectivity index (χ1v) is 11.8. The van der Waals surface area contributed by atoms with E-state index in [4.69, 9.17) is 9.72 Å². The predicted octanol–water partition coefficient (Wildman–Crippen LogP) is 5.36. The Morgan fingerprint density at radius 2 is 1.86 bits per heavy atom. The van der Waals surface area contributed by atoms with Crippen LogP contribution in [0.1, 0.15) is 43.9 Å². The molecule has 10 heteroatoms. The summed E-state index contributed by atoms with van der Waals surface area (Å²) in [7, 11) is 3.19. The fourth-order valence-corrected chi connectivity index (χ4v) is 4.45. The number of rotatable bonds is 7. The summed E-state index contributed by atoms with van der Waals surface area (Å²) < 4.78 is 45.9. The highest BCUT2D eigenvalue weighted by Crippen LogP contribution is 2.32. The minimum absolute atomic E-state index is 0.337.